The van der Waals surface area contributed by atoms with E-state index in [0.29, 0.717) is 35.8 Å². The predicted molar refractivity (Wildman–Crippen MR) is 131 cm³/mol. The zero-order chi connectivity index (χ0) is 26.7. The van der Waals surface area contributed by atoms with Crippen LogP contribution in [0.25, 0.3) is 0 Å². The Morgan fingerprint density at radius 2 is 1.89 bits per heavy atom. The lowest BCUT2D eigenvalue weighted by Gasteiger charge is -2.32. The van der Waals surface area contributed by atoms with Crippen LogP contribution in [0, 0.1) is 0 Å². The number of nitrogens with zero attached hydrogens (tertiary/aromatic N) is 1. The average Bonchev–Trinajstić information content (AvgIpc) is 3.30. The first-order valence-electron chi connectivity index (χ1n) is 11.3. The molecule has 2 amide bonds. The molecule has 2 aromatic carbocycles. The van der Waals surface area contributed by atoms with Gasteiger partial charge in [-0.1, -0.05) is 17.7 Å². The standard InChI is InChI=1S/C25H29ClF3N3O4/c1-24(2,3)36-23(34)32(17-9-10-30-14-17)20-7-6-16(25(27,28)29)12-18(20)22(33)31-13-15-5-8-21(35-4)19(26)11-15/h5-8,11-12,17,30H,9-10,13-14H2,1-4H3,(H,31,33)/t17-/m0/s1. The van der Waals surface area contributed by atoms with Gasteiger partial charge >= 0.3 is 12.3 Å². The molecule has 1 saturated heterocycles. The number of ether oxygens (including phenoxy) is 2. The summed E-state index contributed by atoms with van der Waals surface area (Å²) in [7, 11) is 1.47. The molecule has 0 saturated carbocycles. The van der Waals surface area contributed by atoms with Crippen LogP contribution >= 0.6 is 11.6 Å². The molecular formula is C25H29ClF3N3O4. The van der Waals surface area contributed by atoms with Crippen LogP contribution < -0.4 is 20.3 Å². The second-order valence-electron chi connectivity index (χ2n) is 9.38. The summed E-state index contributed by atoms with van der Waals surface area (Å²) in [6.45, 7) is 6.09. The van der Waals surface area contributed by atoms with Gasteiger partial charge in [-0.05, 0) is 69.6 Å². The Morgan fingerprint density at radius 1 is 1.17 bits per heavy atom. The lowest BCUT2D eigenvalue weighted by atomic mass is 10.0. The third-order valence-corrected chi connectivity index (χ3v) is 5.78. The largest absolute Gasteiger partial charge is 0.495 e. The van der Waals surface area contributed by atoms with Gasteiger partial charge in [-0.15, -0.1) is 0 Å². The van der Waals surface area contributed by atoms with Crippen molar-refractivity contribution < 1.29 is 32.2 Å². The number of halogens is 4. The van der Waals surface area contributed by atoms with E-state index in [1.54, 1.807) is 39.0 Å². The minimum absolute atomic E-state index is 0.00431. The summed E-state index contributed by atoms with van der Waals surface area (Å²) < 4.78 is 51.3. The first kappa shape index (κ1) is 27.6. The summed E-state index contributed by atoms with van der Waals surface area (Å²) >= 11 is 6.13. The number of amides is 2. The first-order chi connectivity index (χ1) is 16.8. The van der Waals surface area contributed by atoms with E-state index in [0.717, 1.165) is 18.2 Å². The molecule has 1 aliphatic rings. The van der Waals surface area contributed by atoms with Crippen LogP contribution in [0.3, 0.4) is 0 Å². The summed E-state index contributed by atoms with van der Waals surface area (Å²) in [6.07, 6.45) is -4.87. The van der Waals surface area contributed by atoms with Crippen molar-refractivity contribution in [2.24, 2.45) is 0 Å². The van der Waals surface area contributed by atoms with Crippen molar-refractivity contribution in [1.29, 1.82) is 0 Å². The number of carbonyl (C=O) groups is 2. The number of hydrogen-bond acceptors (Lipinski definition) is 5. The van der Waals surface area contributed by atoms with Gasteiger partial charge < -0.3 is 20.1 Å². The van der Waals surface area contributed by atoms with E-state index < -0.39 is 35.4 Å². The van der Waals surface area contributed by atoms with Gasteiger partial charge in [0, 0.05) is 13.1 Å². The van der Waals surface area contributed by atoms with Gasteiger partial charge in [-0.25, -0.2) is 4.79 Å². The van der Waals surface area contributed by atoms with E-state index in [-0.39, 0.29) is 17.8 Å². The fourth-order valence-electron chi connectivity index (χ4n) is 3.82. The summed E-state index contributed by atoms with van der Waals surface area (Å²) in [6, 6.07) is 7.24. The molecule has 0 aliphatic carbocycles. The molecule has 7 nitrogen and oxygen atoms in total. The van der Waals surface area contributed by atoms with Gasteiger partial charge in [-0.3, -0.25) is 9.69 Å². The van der Waals surface area contributed by atoms with E-state index >= 15 is 0 Å². The molecule has 1 heterocycles. The van der Waals surface area contributed by atoms with Crippen molar-refractivity contribution in [3.05, 3.63) is 58.1 Å². The smallest absolute Gasteiger partial charge is 0.416 e. The summed E-state index contributed by atoms with van der Waals surface area (Å²) in [4.78, 5) is 27.7. The number of benzene rings is 2. The number of nitrogens with one attached hydrogen (secondary N) is 2. The van der Waals surface area contributed by atoms with Gasteiger partial charge in [-0.2, -0.15) is 13.2 Å². The van der Waals surface area contributed by atoms with Crippen molar-refractivity contribution >= 4 is 29.3 Å². The average molecular weight is 528 g/mol. The van der Waals surface area contributed by atoms with Crippen molar-refractivity contribution in [3.8, 4) is 5.75 Å². The number of anilines is 1. The Balaban J connectivity index is 1.99. The molecule has 1 aliphatic heterocycles. The molecule has 3 rings (SSSR count). The summed E-state index contributed by atoms with van der Waals surface area (Å²) in [5.74, 6) is -0.326. The molecule has 0 aromatic heterocycles. The maximum atomic E-state index is 13.5. The molecule has 0 radical (unpaired) electrons. The Kier molecular flexibility index (Phi) is 8.40. The van der Waals surface area contributed by atoms with Gasteiger partial charge in [0.1, 0.15) is 11.4 Å². The van der Waals surface area contributed by atoms with Crippen molar-refractivity contribution in [2.75, 3.05) is 25.1 Å². The fourth-order valence-corrected chi connectivity index (χ4v) is 4.10. The Morgan fingerprint density at radius 3 is 2.44 bits per heavy atom. The van der Waals surface area contributed by atoms with E-state index in [1.165, 1.54) is 12.0 Å². The molecule has 0 bridgehead atoms. The van der Waals surface area contributed by atoms with Crippen LogP contribution in [-0.2, 0) is 17.5 Å². The number of rotatable bonds is 6. The second kappa shape index (κ2) is 11.0. The van der Waals surface area contributed by atoms with Gasteiger partial charge in [0.05, 0.1) is 35.0 Å². The van der Waals surface area contributed by atoms with E-state index in [1.807, 2.05) is 0 Å². The lowest BCUT2D eigenvalue weighted by molar-refractivity contribution is -0.137. The monoisotopic (exact) mass is 527 g/mol. The maximum absolute atomic E-state index is 13.5. The fraction of sp³-hybridized carbons (Fsp3) is 0.440. The van der Waals surface area contributed by atoms with Crippen LogP contribution in [0.1, 0.15) is 48.7 Å². The highest BCUT2D eigenvalue weighted by molar-refractivity contribution is 6.32. The van der Waals surface area contributed by atoms with Gasteiger partial charge in [0.15, 0.2) is 0 Å². The van der Waals surface area contributed by atoms with Crippen molar-refractivity contribution in [3.63, 3.8) is 0 Å². The van der Waals surface area contributed by atoms with Crippen molar-refractivity contribution in [2.45, 2.75) is 51.6 Å². The van der Waals surface area contributed by atoms with Gasteiger partial charge in [0.25, 0.3) is 5.91 Å². The molecule has 11 heteroatoms. The molecule has 196 valence electrons. The Bertz CT molecular complexity index is 1110. The van der Waals surface area contributed by atoms with Crippen LogP contribution in [0.5, 0.6) is 5.75 Å². The molecule has 1 atom stereocenters. The number of alkyl halides is 3. The molecule has 2 N–H and O–H groups in total. The number of carbonyl (C=O) groups excluding carboxylic acids is 2. The third kappa shape index (κ3) is 6.82. The van der Waals surface area contributed by atoms with Crippen LogP contribution in [0.2, 0.25) is 5.02 Å². The van der Waals surface area contributed by atoms with Gasteiger partial charge in [0.2, 0.25) is 0 Å². The molecule has 0 unspecified atom stereocenters. The zero-order valence-corrected chi connectivity index (χ0v) is 21.2. The predicted octanol–water partition coefficient (Wildman–Crippen LogP) is 5.40. The minimum Gasteiger partial charge on any atom is -0.495 e. The third-order valence-electron chi connectivity index (χ3n) is 5.49. The van der Waals surface area contributed by atoms with Crippen molar-refractivity contribution in [1.82, 2.24) is 10.6 Å². The quantitative estimate of drug-likeness (QED) is 0.526. The summed E-state index contributed by atoms with van der Waals surface area (Å²) in [5.41, 5.74) is -1.48. The number of hydrogen-bond donors (Lipinski definition) is 2. The molecular weight excluding hydrogens is 499 g/mol. The van der Waals surface area contributed by atoms with E-state index in [9.17, 15) is 22.8 Å². The second-order valence-corrected chi connectivity index (χ2v) is 9.79. The van der Waals surface area contributed by atoms with E-state index in [4.69, 9.17) is 21.1 Å². The van der Waals surface area contributed by atoms with Crippen LogP contribution in [0.15, 0.2) is 36.4 Å². The summed E-state index contributed by atoms with van der Waals surface area (Å²) in [5, 5.41) is 6.09. The zero-order valence-electron chi connectivity index (χ0n) is 20.5. The number of methoxy groups -OCH3 is 1. The van der Waals surface area contributed by atoms with Crippen LogP contribution in [-0.4, -0.2) is 43.8 Å². The highest BCUT2D eigenvalue weighted by atomic mass is 35.5. The minimum atomic E-state index is -4.68. The lowest BCUT2D eigenvalue weighted by Crippen LogP contribution is -2.45. The highest BCUT2D eigenvalue weighted by Gasteiger charge is 2.37. The van der Waals surface area contributed by atoms with E-state index in [2.05, 4.69) is 10.6 Å². The van der Waals surface area contributed by atoms with Crippen LogP contribution in [0.4, 0.5) is 23.7 Å². The first-order valence-corrected chi connectivity index (χ1v) is 11.7. The maximum Gasteiger partial charge on any atom is 0.416 e. The molecule has 2 aromatic rings. The Hall–Kier alpha value is -2.98. The normalized spacial score (nSPS) is 15.9. The molecule has 1 fully saturated rings. The topological polar surface area (TPSA) is 79.9 Å². The SMILES string of the molecule is COc1ccc(CNC(=O)c2cc(C(F)(F)F)ccc2N(C(=O)OC(C)(C)C)[C@H]2CCNC2)cc1Cl. The Labute approximate surface area is 212 Å². The molecule has 0 spiro atoms. The highest BCUT2D eigenvalue weighted by Crippen LogP contribution is 2.35. The molecule has 36 heavy (non-hydrogen) atoms.